The van der Waals surface area contributed by atoms with Crippen LogP contribution in [0.5, 0.6) is 0 Å². The molecule has 1 fully saturated rings. The van der Waals surface area contributed by atoms with Crippen LogP contribution in [-0.4, -0.2) is 21.0 Å². The standard InChI is InChI=1S/C19H22N4/c1-12-10-20-17-11-21-19(23-18(12)17)15-8-13(2)22-16(9-15)14-6-4-3-5-7-14/h3-7,10-11,13,15-16,22H,8-9H2,1-2H3,(H,21,23). The van der Waals surface area contributed by atoms with Gasteiger partial charge in [-0.2, -0.15) is 0 Å². The maximum atomic E-state index is 4.66. The van der Waals surface area contributed by atoms with E-state index in [2.05, 4.69) is 64.4 Å². The lowest BCUT2D eigenvalue weighted by Gasteiger charge is -2.34. The van der Waals surface area contributed by atoms with Crippen molar-refractivity contribution in [3.8, 4) is 11.4 Å². The van der Waals surface area contributed by atoms with Crippen LogP contribution in [0.3, 0.4) is 0 Å². The Morgan fingerprint density at radius 1 is 1.04 bits per heavy atom. The zero-order valence-electron chi connectivity index (χ0n) is 13.6. The molecule has 0 radical (unpaired) electrons. The average Bonchev–Trinajstić information content (AvgIpc) is 2.96. The fourth-order valence-corrected chi connectivity index (χ4v) is 3.68. The van der Waals surface area contributed by atoms with Crippen molar-refractivity contribution >= 4 is 0 Å². The van der Waals surface area contributed by atoms with E-state index in [1.54, 1.807) is 0 Å². The van der Waals surface area contributed by atoms with E-state index in [-0.39, 0.29) is 0 Å². The summed E-state index contributed by atoms with van der Waals surface area (Å²) in [5.74, 6) is 1.53. The Labute approximate surface area is 136 Å². The van der Waals surface area contributed by atoms with Gasteiger partial charge in [0.25, 0.3) is 0 Å². The van der Waals surface area contributed by atoms with Crippen LogP contribution >= 0.6 is 0 Å². The molecule has 3 aliphatic rings. The van der Waals surface area contributed by atoms with E-state index in [9.17, 15) is 0 Å². The Balaban J connectivity index is 1.64. The zero-order valence-corrected chi connectivity index (χ0v) is 13.6. The second-order valence-corrected chi connectivity index (χ2v) is 6.67. The van der Waals surface area contributed by atoms with Crippen molar-refractivity contribution in [3.05, 3.63) is 59.7 Å². The molecular formula is C19H22N4. The largest absolute Gasteiger partial charge is 0.341 e. The molecule has 2 N–H and O–H groups in total. The molecule has 4 heteroatoms. The van der Waals surface area contributed by atoms with Crippen molar-refractivity contribution in [1.82, 2.24) is 20.3 Å². The Hall–Kier alpha value is -2.20. The fraction of sp³-hybridized carbons (Fsp3) is 0.368. The highest BCUT2D eigenvalue weighted by Crippen LogP contribution is 2.36. The highest BCUT2D eigenvalue weighted by molar-refractivity contribution is 5.59. The first-order valence-electron chi connectivity index (χ1n) is 8.32. The molecule has 4 rings (SSSR count). The summed E-state index contributed by atoms with van der Waals surface area (Å²) < 4.78 is 0. The molecule has 1 saturated heterocycles. The summed E-state index contributed by atoms with van der Waals surface area (Å²) in [7, 11) is 0. The van der Waals surface area contributed by atoms with Gasteiger partial charge in [-0.15, -0.1) is 0 Å². The number of H-pyrrole nitrogens is 1. The number of benzene rings is 1. The number of nitrogens with zero attached hydrogens (tertiary/aromatic N) is 2. The number of aryl methyl sites for hydroxylation is 1. The van der Waals surface area contributed by atoms with Crippen LogP contribution in [0, 0.1) is 6.92 Å². The van der Waals surface area contributed by atoms with Crippen LogP contribution in [-0.2, 0) is 0 Å². The molecule has 3 unspecified atom stereocenters. The molecule has 4 nitrogen and oxygen atoms in total. The number of piperidine rings is 1. The molecular weight excluding hydrogens is 284 g/mol. The summed E-state index contributed by atoms with van der Waals surface area (Å²) in [6.07, 6.45) is 5.98. The normalized spacial score (nSPS) is 24.9. The van der Waals surface area contributed by atoms with Crippen molar-refractivity contribution in [2.24, 2.45) is 0 Å². The summed E-state index contributed by atoms with van der Waals surface area (Å²) in [6, 6.07) is 11.6. The van der Waals surface area contributed by atoms with Crippen molar-refractivity contribution in [1.29, 1.82) is 0 Å². The predicted molar refractivity (Wildman–Crippen MR) is 91.5 cm³/mol. The molecule has 3 aliphatic heterocycles. The Kier molecular flexibility index (Phi) is 3.62. The number of hydrogen-bond acceptors (Lipinski definition) is 3. The molecule has 118 valence electrons. The zero-order chi connectivity index (χ0) is 15.8. The van der Waals surface area contributed by atoms with Crippen molar-refractivity contribution in [3.63, 3.8) is 0 Å². The lowest BCUT2D eigenvalue weighted by Crippen LogP contribution is -2.38. The van der Waals surface area contributed by atoms with Gasteiger partial charge in [0, 0.05) is 24.2 Å². The topological polar surface area (TPSA) is 53.6 Å². The number of hydrogen-bond donors (Lipinski definition) is 2. The van der Waals surface area contributed by atoms with E-state index >= 15 is 0 Å². The lowest BCUT2D eigenvalue weighted by atomic mass is 9.85. The van der Waals surface area contributed by atoms with E-state index < -0.39 is 0 Å². The first-order chi connectivity index (χ1) is 11.2. The smallest absolute Gasteiger partial charge is 0.109 e. The number of fused-ring (bicyclic) bond motifs is 1. The lowest BCUT2D eigenvalue weighted by molar-refractivity contribution is 0.299. The van der Waals surface area contributed by atoms with Crippen molar-refractivity contribution in [2.75, 3.05) is 0 Å². The Bertz CT molecular complexity index is 764. The van der Waals surface area contributed by atoms with Gasteiger partial charge in [-0.1, -0.05) is 30.3 Å². The monoisotopic (exact) mass is 306 g/mol. The molecule has 23 heavy (non-hydrogen) atoms. The maximum Gasteiger partial charge on any atom is 0.109 e. The summed E-state index contributed by atoms with van der Waals surface area (Å²) in [6.45, 7) is 4.35. The molecule has 0 aromatic heterocycles. The minimum absolute atomic E-state index is 0.384. The molecule has 3 heterocycles. The Morgan fingerprint density at radius 2 is 1.87 bits per heavy atom. The van der Waals surface area contributed by atoms with Gasteiger partial charge in [-0.25, -0.2) is 4.98 Å². The van der Waals surface area contributed by atoms with Gasteiger partial charge in [-0.05, 0) is 37.8 Å². The summed E-state index contributed by atoms with van der Waals surface area (Å²) in [4.78, 5) is 12.6. The number of aromatic amines is 1. The van der Waals surface area contributed by atoms with Crippen LogP contribution in [0.25, 0.3) is 11.4 Å². The second-order valence-electron chi connectivity index (χ2n) is 6.67. The molecule has 1 aromatic rings. The molecule has 0 spiro atoms. The van der Waals surface area contributed by atoms with E-state index in [0.717, 1.165) is 30.1 Å². The van der Waals surface area contributed by atoms with Gasteiger partial charge in [0.05, 0.1) is 11.9 Å². The maximum absolute atomic E-state index is 4.66. The third-order valence-electron chi connectivity index (χ3n) is 4.86. The molecule has 1 aromatic carbocycles. The highest BCUT2D eigenvalue weighted by atomic mass is 15.0. The van der Waals surface area contributed by atoms with Gasteiger partial charge in [0.15, 0.2) is 0 Å². The van der Waals surface area contributed by atoms with Crippen molar-refractivity contribution < 1.29 is 0 Å². The third kappa shape index (κ3) is 2.75. The molecule has 0 saturated carbocycles. The summed E-state index contributed by atoms with van der Waals surface area (Å²) in [5.41, 5.74) is 4.62. The summed E-state index contributed by atoms with van der Waals surface area (Å²) in [5, 5.41) is 3.72. The van der Waals surface area contributed by atoms with E-state index in [1.165, 1.54) is 11.1 Å². The third-order valence-corrected chi connectivity index (χ3v) is 4.86. The molecule has 0 amide bonds. The van der Waals surface area contributed by atoms with Crippen LogP contribution in [0.15, 0.2) is 42.7 Å². The molecule has 0 bridgehead atoms. The van der Waals surface area contributed by atoms with Gasteiger partial charge < -0.3 is 10.3 Å². The average molecular weight is 306 g/mol. The van der Waals surface area contributed by atoms with E-state index in [1.807, 2.05) is 12.4 Å². The first-order valence-corrected chi connectivity index (χ1v) is 8.32. The molecule has 3 atom stereocenters. The van der Waals surface area contributed by atoms with E-state index in [0.29, 0.717) is 18.0 Å². The number of nitrogens with one attached hydrogen (secondary N) is 2. The number of rotatable bonds is 2. The van der Waals surface area contributed by atoms with Crippen LogP contribution in [0.1, 0.15) is 48.7 Å². The van der Waals surface area contributed by atoms with Crippen LogP contribution < -0.4 is 5.32 Å². The minimum Gasteiger partial charge on any atom is -0.341 e. The highest BCUT2D eigenvalue weighted by Gasteiger charge is 2.29. The Morgan fingerprint density at radius 3 is 2.70 bits per heavy atom. The van der Waals surface area contributed by atoms with Gasteiger partial charge in [0.1, 0.15) is 11.5 Å². The van der Waals surface area contributed by atoms with E-state index in [4.69, 9.17) is 0 Å². The second kappa shape index (κ2) is 5.78. The fourth-order valence-electron chi connectivity index (χ4n) is 3.68. The quantitative estimate of drug-likeness (QED) is 0.757. The number of aromatic nitrogens is 3. The van der Waals surface area contributed by atoms with Gasteiger partial charge in [0.2, 0.25) is 0 Å². The SMILES string of the molecule is Cc1cnc2cnc(C3CC(C)NC(c4ccccc4)C3)[nH]c1-2. The van der Waals surface area contributed by atoms with Crippen LogP contribution in [0.2, 0.25) is 0 Å². The van der Waals surface area contributed by atoms with Crippen LogP contribution in [0.4, 0.5) is 0 Å². The predicted octanol–water partition coefficient (Wildman–Crippen LogP) is 3.81. The first kappa shape index (κ1) is 14.4. The van der Waals surface area contributed by atoms with Crippen molar-refractivity contribution in [2.45, 2.75) is 44.7 Å². The summed E-state index contributed by atoms with van der Waals surface area (Å²) >= 11 is 0. The minimum atomic E-state index is 0.384. The van der Waals surface area contributed by atoms with Gasteiger partial charge >= 0.3 is 0 Å². The molecule has 0 aliphatic carbocycles. The van der Waals surface area contributed by atoms with Gasteiger partial charge in [-0.3, -0.25) is 4.98 Å².